The molecule has 38 heavy (non-hydrogen) atoms. The third-order valence-electron chi connectivity index (χ3n) is 5.80. The van der Waals surface area contributed by atoms with Gasteiger partial charge in [-0.1, -0.05) is 30.3 Å². The lowest BCUT2D eigenvalue weighted by Gasteiger charge is -2.16. The third kappa shape index (κ3) is 5.18. The van der Waals surface area contributed by atoms with Crippen molar-refractivity contribution in [3.8, 4) is 46.3 Å². The highest BCUT2D eigenvalue weighted by atomic mass is 32.2. The van der Waals surface area contributed by atoms with E-state index in [1.54, 1.807) is 72.8 Å². The Hall–Kier alpha value is -5.15. The van der Waals surface area contributed by atoms with Crippen molar-refractivity contribution in [2.24, 2.45) is 5.14 Å². The summed E-state index contributed by atoms with van der Waals surface area (Å²) in [7, 11) is -4.07. The van der Waals surface area contributed by atoms with Crippen LogP contribution >= 0.6 is 0 Å². The summed E-state index contributed by atoms with van der Waals surface area (Å²) in [6.07, 6.45) is 0. The second-order valence-electron chi connectivity index (χ2n) is 8.37. The van der Waals surface area contributed by atoms with E-state index < -0.39 is 10.0 Å². The van der Waals surface area contributed by atoms with E-state index in [0.29, 0.717) is 50.6 Å². The molecule has 0 saturated carbocycles. The molecule has 2 N–H and O–H groups in total. The summed E-state index contributed by atoms with van der Waals surface area (Å²) < 4.78 is 37.4. The minimum Gasteiger partial charge on any atom is -0.457 e. The molecule has 0 bridgehead atoms. The van der Waals surface area contributed by atoms with Crippen LogP contribution in [0.15, 0.2) is 108 Å². The Bertz CT molecular complexity index is 1770. The molecular weight excluding hydrogens is 498 g/mol. The molecule has 0 spiro atoms. The molecule has 0 radical (unpaired) electrons. The average Bonchev–Trinajstić information content (AvgIpc) is 2.92. The van der Waals surface area contributed by atoms with E-state index in [2.05, 4.69) is 12.1 Å². The van der Waals surface area contributed by atoms with Gasteiger partial charge >= 0.3 is 0 Å². The van der Waals surface area contributed by atoms with Gasteiger partial charge in [0.2, 0.25) is 10.0 Å². The Morgan fingerprint density at radius 2 is 1.16 bits per heavy atom. The molecule has 0 heterocycles. The maximum atomic E-state index is 12.6. The Labute approximate surface area is 219 Å². The van der Waals surface area contributed by atoms with E-state index in [0.717, 1.165) is 5.39 Å². The van der Waals surface area contributed by atoms with Crippen molar-refractivity contribution >= 4 is 20.8 Å². The number of hydrogen-bond acceptors (Lipinski definition) is 6. The minimum absolute atomic E-state index is 0.0314. The quantitative estimate of drug-likeness (QED) is 0.275. The Morgan fingerprint density at radius 1 is 0.632 bits per heavy atom. The predicted octanol–water partition coefficient (Wildman–Crippen LogP) is 6.48. The standard InChI is InChI=1S/C30H19N3O4S/c31-18-20-5-10-24(11-6-20)36-26-15-23(16-27(17-26)37-25-12-7-21(19-32)8-13-25)30-28-4-2-1-3-22(28)9-14-29(30)38(33,34)35/h1-17H,(H2,33,34,35). The summed E-state index contributed by atoms with van der Waals surface area (Å²) in [5.74, 6) is 1.72. The van der Waals surface area contributed by atoms with Gasteiger partial charge in [-0.25, -0.2) is 13.6 Å². The van der Waals surface area contributed by atoms with Crippen LogP contribution in [0.2, 0.25) is 0 Å². The molecule has 8 heteroatoms. The summed E-state index contributed by atoms with van der Waals surface area (Å²) in [5, 5.41) is 25.3. The van der Waals surface area contributed by atoms with Gasteiger partial charge in [-0.3, -0.25) is 0 Å². The van der Waals surface area contributed by atoms with E-state index in [4.69, 9.17) is 25.1 Å². The van der Waals surface area contributed by atoms with Crippen molar-refractivity contribution in [2.45, 2.75) is 4.90 Å². The number of hydrogen-bond donors (Lipinski definition) is 1. The monoisotopic (exact) mass is 517 g/mol. The van der Waals surface area contributed by atoms with Gasteiger partial charge in [-0.2, -0.15) is 10.5 Å². The van der Waals surface area contributed by atoms with Crippen LogP contribution in [-0.2, 0) is 10.0 Å². The highest BCUT2D eigenvalue weighted by molar-refractivity contribution is 7.89. The normalized spacial score (nSPS) is 10.9. The SMILES string of the molecule is N#Cc1ccc(Oc2cc(Oc3ccc(C#N)cc3)cc(-c3c(S(N)(=O)=O)ccc4ccccc34)c2)cc1. The van der Waals surface area contributed by atoms with Crippen molar-refractivity contribution in [1.29, 1.82) is 10.5 Å². The van der Waals surface area contributed by atoms with Crippen molar-refractivity contribution in [1.82, 2.24) is 0 Å². The first-order valence-electron chi connectivity index (χ1n) is 11.4. The van der Waals surface area contributed by atoms with E-state index >= 15 is 0 Å². The summed E-state index contributed by atoms with van der Waals surface area (Å²) in [6, 6.07) is 33.0. The molecule has 0 unspecified atom stereocenters. The molecule has 5 aromatic carbocycles. The van der Waals surface area contributed by atoms with Crippen LogP contribution in [0.1, 0.15) is 11.1 Å². The zero-order valence-corrected chi connectivity index (χ0v) is 20.6. The number of rotatable bonds is 6. The van der Waals surface area contributed by atoms with Gasteiger partial charge in [0, 0.05) is 11.6 Å². The van der Waals surface area contributed by atoms with Gasteiger partial charge in [0.15, 0.2) is 0 Å². The molecule has 0 aliphatic rings. The smallest absolute Gasteiger partial charge is 0.238 e. The molecule has 0 aromatic heterocycles. The maximum Gasteiger partial charge on any atom is 0.238 e. The van der Waals surface area contributed by atoms with E-state index in [9.17, 15) is 8.42 Å². The van der Waals surface area contributed by atoms with Gasteiger partial charge < -0.3 is 9.47 Å². The number of sulfonamides is 1. The fourth-order valence-corrected chi connectivity index (χ4v) is 4.86. The van der Waals surface area contributed by atoms with Crippen molar-refractivity contribution in [2.75, 3.05) is 0 Å². The molecule has 0 saturated heterocycles. The molecule has 7 nitrogen and oxygen atoms in total. The van der Waals surface area contributed by atoms with E-state index in [1.807, 2.05) is 24.3 Å². The van der Waals surface area contributed by atoms with Gasteiger partial charge in [-0.15, -0.1) is 0 Å². The second-order valence-corrected chi connectivity index (χ2v) is 9.90. The van der Waals surface area contributed by atoms with Crippen LogP contribution < -0.4 is 14.6 Å². The van der Waals surface area contributed by atoms with E-state index in [-0.39, 0.29) is 4.90 Å². The fraction of sp³-hybridized carbons (Fsp3) is 0. The average molecular weight is 518 g/mol. The number of primary sulfonamides is 1. The third-order valence-corrected chi connectivity index (χ3v) is 6.76. The predicted molar refractivity (Wildman–Crippen MR) is 143 cm³/mol. The zero-order chi connectivity index (χ0) is 26.7. The minimum atomic E-state index is -4.07. The highest BCUT2D eigenvalue weighted by Crippen LogP contribution is 2.40. The first kappa shape index (κ1) is 24.5. The van der Waals surface area contributed by atoms with Gasteiger partial charge in [0.25, 0.3) is 0 Å². The number of nitrogens with zero attached hydrogens (tertiary/aromatic N) is 2. The van der Waals surface area contributed by atoms with Crippen LogP contribution in [0, 0.1) is 22.7 Å². The summed E-state index contributed by atoms with van der Waals surface area (Å²) in [6.45, 7) is 0. The lowest BCUT2D eigenvalue weighted by molar-refractivity contribution is 0.460. The zero-order valence-electron chi connectivity index (χ0n) is 19.8. The summed E-state index contributed by atoms with van der Waals surface area (Å²) in [4.78, 5) is -0.0314. The molecule has 0 amide bonds. The van der Waals surface area contributed by atoms with Crippen molar-refractivity contribution in [3.05, 3.63) is 114 Å². The summed E-state index contributed by atoms with van der Waals surface area (Å²) >= 11 is 0. The molecular formula is C30H19N3O4S. The second kappa shape index (κ2) is 10.1. The Kier molecular flexibility index (Phi) is 6.51. The molecule has 5 rings (SSSR count). The van der Waals surface area contributed by atoms with Gasteiger partial charge in [-0.05, 0) is 83.1 Å². The number of fused-ring (bicyclic) bond motifs is 1. The van der Waals surface area contributed by atoms with Crippen LogP contribution in [-0.4, -0.2) is 8.42 Å². The molecule has 0 aliphatic heterocycles. The van der Waals surface area contributed by atoms with Crippen molar-refractivity contribution in [3.63, 3.8) is 0 Å². The number of nitrogens with two attached hydrogens (primary N) is 1. The van der Waals surface area contributed by atoms with Gasteiger partial charge in [0.1, 0.15) is 23.0 Å². The Morgan fingerprint density at radius 3 is 1.66 bits per heavy atom. The molecule has 0 aliphatic carbocycles. The molecule has 5 aromatic rings. The van der Waals surface area contributed by atoms with Crippen LogP contribution in [0.4, 0.5) is 0 Å². The van der Waals surface area contributed by atoms with Crippen LogP contribution in [0.25, 0.3) is 21.9 Å². The summed E-state index contributed by atoms with van der Waals surface area (Å²) in [5.41, 5.74) is 1.91. The number of nitriles is 2. The lowest BCUT2D eigenvalue weighted by atomic mass is 9.97. The van der Waals surface area contributed by atoms with Crippen molar-refractivity contribution < 1.29 is 17.9 Å². The van der Waals surface area contributed by atoms with Gasteiger partial charge in [0.05, 0.1) is 28.2 Å². The maximum absolute atomic E-state index is 12.6. The number of ether oxygens (including phenoxy) is 2. The van der Waals surface area contributed by atoms with Crippen LogP contribution in [0.3, 0.4) is 0 Å². The fourth-order valence-electron chi connectivity index (χ4n) is 4.09. The molecule has 0 fully saturated rings. The molecule has 0 atom stereocenters. The first-order valence-corrected chi connectivity index (χ1v) is 12.9. The Balaban J connectivity index is 1.69. The first-order chi connectivity index (χ1) is 18.3. The molecule has 184 valence electrons. The number of benzene rings is 5. The highest BCUT2D eigenvalue weighted by Gasteiger charge is 2.20. The van der Waals surface area contributed by atoms with E-state index in [1.165, 1.54) is 6.07 Å². The topological polar surface area (TPSA) is 126 Å². The largest absolute Gasteiger partial charge is 0.457 e. The van der Waals surface area contributed by atoms with Crippen LogP contribution in [0.5, 0.6) is 23.0 Å². The lowest BCUT2D eigenvalue weighted by Crippen LogP contribution is -2.13.